The molecule has 1 atom stereocenters. The van der Waals surface area contributed by atoms with E-state index in [4.69, 9.17) is 0 Å². The van der Waals surface area contributed by atoms with Gasteiger partial charge in [-0.3, -0.25) is 4.90 Å². The van der Waals surface area contributed by atoms with E-state index in [0.29, 0.717) is 0 Å². The molecule has 1 aliphatic rings. The Morgan fingerprint density at radius 3 is 2.50 bits per heavy atom. The fraction of sp³-hybridized carbons (Fsp3) is 0.412. The van der Waals surface area contributed by atoms with Crippen LogP contribution in [0.3, 0.4) is 0 Å². The minimum Gasteiger partial charge on any atom is -0.287 e. The van der Waals surface area contributed by atoms with Gasteiger partial charge in [0.2, 0.25) is 0 Å². The number of nitrogens with zero attached hydrogens (tertiary/aromatic N) is 1. The van der Waals surface area contributed by atoms with Crippen LogP contribution in [0.4, 0.5) is 0 Å². The van der Waals surface area contributed by atoms with Gasteiger partial charge in [-0.1, -0.05) is 48.6 Å². The lowest BCUT2D eigenvalue weighted by Crippen LogP contribution is -2.37. The second-order valence-electron chi connectivity index (χ2n) is 4.70. The van der Waals surface area contributed by atoms with Crippen LogP contribution in [0, 0.1) is 11.8 Å². The van der Waals surface area contributed by atoms with Gasteiger partial charge >= 0.3 is 0 Å². The molecule has 0 aliphatic carbocycles. The second kappa shape index (κ2) is 7.03. The Hall–Kier alpha value is -1.52. The van der Waals surface area contributed by atoms with E-state index in [1.54, 1.807) is 0 Å². The second-order valence-corrected chi connectivity index (χ2v) is 4.70. The highest BCUT2D eigenvalue weighted by Gasteiger charge is 2.15. The zero-order chi connectivity index (χ0) is 12.6. The van der Waals surface area contributed by atoms with Gasteiger partial charge in [0.05, 0.1) is 6.04 Å². The Morgan fingerprint density at radius 1 is 1.11 bits per heavy atom. The molecule has 0 bridgehead atoms. The molecule has 1 heterocycles. The molecular weight excluding hydrogens is 218 g/mol. The lowest BCUT2D eigenvalue weighted by Gasteiger charge is -2.29. The molecule has 0 saturated carbocycles. The van der Waals surface area contributed by atoms with E-state index in [1.165, 1.54) is 32.4 Å². The van der Waals surface area contributed by atoms with Gasteiger partial charge < -0.3 is 0 Å². The normalized spacial score (nSPS) is 18.3. The van der Waals surface area contributed by atoms with Crippen LogP contribution >= 0.6 is 0 Å². The smallest absolute Gasteiger partial charge is 0.0904 e. The lowest BCUT2D eigenvalue weighted by atomic mass is 10.1. The fourth-order valence-corrected chi connectivity index (χ4v) is 2.32. The zero-order valence-corrected chi connectivity index (χ0v) is 11.1. The molecule has 2 rings (SSSR count). The first-order chi connectivity index (χ1) is 8.90. The van der Waals surface area contributed by atoms with Gasteiger partial charge in [-0.25, -0.2) is 0 Å². The largest absolute Gasteiger partial charge is 0.287 e. The summed E-state index contributed by atoms with van der Waals surface area (Å²) in [5, 5.41) is 0. The van der Waals surface area contributed by atoms with Gasteiger partial charge in [-0.05, 0) is 45.0 Å². The number of hydrogen-bond donors (Lipinski definition) is 0. The molecule has 0 amide bonds. The first-order valence-electron chi connectivity index (χ1n) is 6.83. The maximum absolute atomic E-state index is 3.40. The molecule has 1 nitrogen and oxygen atoms in total. The molecule has 1 aromatic rings. The van der Waals surface area contributed by atoms with Crippen molar-refractivity contribution in [1.82, 2.24) is 4.90 Å². The Balaban J connectivity index is 2.08. The van der Waals surface area contributed by atoms with Crippen molar-refractivity contribution in [3.63, 3.8) is 0 Å². The predicted octanol–water partition coefficient (Wildman–Crippen LogP) is 3.47. The van der Waals surface area contributed by atoms with E-state index in [-0.39, 0.29) is 6.04 Å². The summed E-state index contributed by atoms with van der Waals surface area (Å²) < 4.78 is 0. The van der Waals surface area contributed by atoms with Gasteiger partial charge in [0.25, 0.3) is 0 Å². The van der Waals surface area contributed by atoms with E-state index in [1.807, 2.05) is 18.2 Å². The Morgan fingerprint density at radius 2 is 1.83 bits per heavy atom. The van der Waals surface area contributed by atoms with Crippen LogP contribution in [0.25, 0.3) is 0 Å². The van der Waals surface area contributed by atoms with Crippen LogP contribution in [-0.4, -0.2) is 24.0 Å². The van der Waals surface area contributed by atoms with Crippen molar-refractivity contribution in [2.45, 2.75) is 32.2 Å². The average molecular weight is 239 g/mol. The zero-order valence-electron chi connectivity index (χ0n) is 11.1. The van der Waals surface area contributed by atoms with Crippen LogP contribution in [-0.2, 0) is 0 Å². The van der Waals surface area contributed by atoms with Gasteiger partial charge in [-0.15, -0.1) is 0 Å². The molecule has 1 unspecified atom stereocenters. The SMILES string of the molecule is C/C=C/C(C#Cc1ccccc1)N1CCCCC1. The maximum atomic E-state index is 3.40. The van der Waals surface area contributed by atoms with Crippen molar-refractivity contribution >= 4 is 0 Å². The minimum atomic E-state index is 0.274. The van der Waals surface area contributed by atoms with Gasteiger partial charge in [0, 0.05) is 5.56 Å². The Kier molecular flexibility index (Phi) is 5.05. The van der Waals surface area contributed by atoms with Crippen molar-refractivity contribution in [2.24, 2.45) is 0 Å². The molecule has 1 saturated heterocycles. The van der Waals surface area contributed by atoms with Crippen molar-refractivity contribution in [3.05, 3.63) is 48.0 Å². The summed E-state index contributed by atoms with van der Waals surface area (Å²) in [6.45, 7) is 4.43. The molecule has 0 aromatic heterocycles. The van der Waals surface area contributed by atoms with E-state index < -0.39 is 0 Å². The van der Waals surface area contributed by atoms with E-state index in [2.05, 4.69) is 47.9 Å². The predicted molar refractivity (Wildman–Crippen MR) is 77.3 cm³/mol. The lowest BCUT2D eigenvalue weighted by molar-refractivity contribution is 0.220. The molecule has 1 fully saturated rings. The molecule has 0 N–H and O–H groups in total. The van der Waals surface area contributed by atoms with Gasteiger partial charge in [0.1, 0.15) is 0 Å². The first-order valence-corrected chi connectivity index (χ1v) is 6.83. The van der Waals surface area contributed by atoms with Crippen LogP contribution in [0.1, 0.15) is 31.7 Å². The Bertz CT molecular complexity index is 430. The number of allylic oxidation sites excluding steroid dienone is 1. The number of likely N-dealkylation sites (tertiary alicyclic amines) is 1. The highest BCUT2D eigenvalue weighted by molar-refractivity contribution is 5.36. The van der Waals surface area contributed by atoms with Gasteiger partial charge in [0.15, 0.2) is 0 Å². The molecule has 18 heavy (non-hydrogen) atoms. The highest BCUT2D eigenvalue weighted by Crippen LogP contribution is 2.12. The van der Waals surface area contributed by atoms with Crippen molar-refractivity contribution in [3.8, 4) is 11.8 Å². The van der Waals surface area contributed by atoms with Gasteiger partial charge in [-0.2, -0.15) is 0 Å². The van der Waals surface area contributed by atoms with Crippen molar-refractivity contribution in [2.75, 3.05) is 13.1 Å². The maximum Gasteiger partial charge on any atom is 0.0904 e. The summed E-state index contributed by atoms with van der Waals surface area (Å²) in [6.07, 6.45) is 8.30. The minimum absolute atomic E-state index is 0.274. The molecular formula is C17H21N. The molecule has 1 heteroatoms. The third-order valence-corrected chi connectivity index (χ3v) is 3.30. The molecule has 0 radical (unpaired) electrons. The topological polar surface area (TPSA) is 3.24 Å². The summed E-state index contributed by atoms with van der Waals surface area (Å²) in [7, 11) is 0. The highest BCUT2D eigenvalue weighted by atomic mass is 15.1. The quantitative estimate of drug-likeness (QED) is 0.564. The monoisotopic (exact) mass is 239 g/mol. The third-order valence-electron chi connectivity index (χ3n) is 3.30. The third kappa shape index (κ3) is 3.75. The molecule has 1 aromatic carbocycles. The summed E-state index contributed by atoms with van der Waals surface area (Å²) in [6, 6.07) is 10.5. The van der Waals surface area contributed by atoms with Crippen LogP contribution in [0.5, 0.6) is 0 Å². The van der Waals surface area contributed by atoms with E-state index >= 15 is 0 Å². The first kappa shape index (κ1) is 12.9. The summed E-state index contributed by atoms with van der Waals surface area (Å²) >= 11 is 0. The van der Waals surface area contributed by atoms with Crippen molar-refractivity contribution in [1.29, 1.82) is 0 Å². The number of rotatable bonds is 2. The molecule has 0 spiro atoms. The van der Waals surface area contributed by atoms with Crippen LogP contribution in [0.15, 0.2) is 42.5 Å². The summed E-state index contributed by atoms with van der Waals surface area (Å²) in [5.41, 5.74) is 1.10. The number of piperidine rings is 1. The average Bonchev–Trinajstić information content (AvgIpc) is 2.45. The summed E-state index contributed by atoms with van der Waals surface area (Å²) in [5.74, 6) is 6.68. The molecule has 1 aliphatic heterocycles. The van der Waals surface area contributed by atoms with E-state index in [0.717, 1.165) is 5.56 Å². The molecule has 94 valence electrons. The number of hydrogen-bond acceptors (Lipinski definition) is 1. The van der Waals surface area contributed by atoms with Crippen LogP contribution < -0.4 is 0 Å². The van der Waals surface area contributed by atoms with Crippen LogP contribution in [0.2, 0.25) is 0 Å². The fourth-order valence-electron chi connectivity index (χ4n) is 2.32. The number of benzene rings is 1. The van der Waals surface area contributed by atoms with E-state index in [9.17, 15) is 0 Å². The standard InChI is InChI=1S/C17H21N/c1-2-9-17(18-14-7-4-8-15-18)13-12-16-10-5-3-6-11-16/h2-3,5-6,9-11,17H,4,7-8,14-15H2,1H3/b9-2+. The Labute approximate surface area is 111 Å². The van der Waals surface area contributed by atoms with Crippen molar-refractivity contribution < 1.29 is 0 Å². The summed E-state index contributed by atoms with van der Waals surface area (Å²) in [4.78, 5) is 2.49.